The Labute approximate surface area is 140 Å². The summed E-state index contributed by atoms with van der Waals surface area (Å²) in [6.45, 7) is 3.28. The van der Waals surface area contributed by atoms with Crippen LogP contribution in [-0.4, -0.2) is 21.9 Å². The van der Waals surface area contributed by atoms with Crippen LogP contribution in [0.4, 0.5) is 0 Å². The van der Waals surface area contributed by atoms with Gasteiger partial charge >= 0.3 is 0 Å². The summed E-state index contributed by atoms with van der Waals surface area (Å²) >= 11 is 6.96. The van der Waals surface area contributed by atoms with Crippen LogP contribution >= 0.6 is 31.9 Å². The fourth-order valence-corrected chi connectivity index (χ4v) is 2.85. The summed E-state index contributed by atoms with van der Waals surface area (Å²) in [5.74, 6) is 2.17. The summed E-state index contributed by atoms with van der Waals surface area (Å²) < 4.78 is 14.0. The number of nitrogens with zero attached hydrogens (tertiary/aromatic N) is 3. The van der Waals surface area contributed by atoms with Crippen molar-refractivity contribution in [2.45, 2.75) is 31.8 Å². The topological polar surface area (TPSA) is 49.2 Å². The average molecular weight is 419 g/mol. The first-order chi connectivity index (χ1) is 10.2. The lowest BCUT2D eigenvalue weighted by Crippen LogP contribution is -2.09. The molecule has 5 nitrogen and oxygen atoms in total. The van der Waals surface area contributed by atoms with Gasteiger partial charge in [0.2, 0.25) is 0 Å². The Morgan fingerprint density at radius 1 is 1.33 bits per heavy atom. The van der Waals surface area contributed by atoms with E-state index in [1.54, 1.807) is 13.4 Å². The predicted octanol–water partition coefficient (Wildman–Crippen LogP) is 3.93. The maximum absolute atomic E-state index is 5.88. The molecule has 0 N–H and O–H groups in total. The second-order valence-corrected chi connectivity index (χ2v) is 5.85. The van der Waals surface area contributed by atoms with Gasteiger partial charge in [0, 0.05) is 11.9 Å². The quantitative estimate of drug-likeness (QED) is 0.639. The van der Waals surface area contributed by atoms with Crippen LogP contribution in [0.25, 0.3) is 0 Å². The van der Waals surface area contributed by atoms with Gasteiger partial charge in [-0.05, 0) is 40.0 Å². The lowest BCUT2D eigenvalue weighted by Gasteiger charge is -2.14. The van der Waals surface area contributed by atoms with Gasteiger partial charge in [0.05, 0.1) is 11.6 Å². The number of halogens is 2. The fourth-order valence-electron chi connectivity index (χ4n) is 1.93. The maximum Gasteiger partial charge on any atom is 0.176 e. The van der Waals surface area contributed by atoms with Crippen LogP contribution in [0.1, 0.15) is 24.7 Å². The summed E-state index contributed by atoms with van der Waals surface area (Å²) in [6.07, 6.45) is 2.55. The Morgan fingerprint density at radius 2 is 2.14 bits per heavy atom. The van der Waals surface area contributed by atoms with E-state index in [0.29, 0.717) is 18.1 Å². The molecule has 0 saturated carbocycles. The number of aryl methyl sites for hydroxylation is 1. The lowest BCUT2D eigenvalue weighted by molar-refractivity contribution is 0.267. The number of benzene rings is 1. The summed E-state index contributed by atoms with van der Waals surface area (Å²) in [5.41, 5.74) is 1.11. The number of hydrogen-bond acceptors (Lipinski definition) is 4. The molecule has 1 aromatic carbocycles. The molecule has 0 amide bonds. The average Bonchev–Trinajstić information content (AvgIpc) is 2.93. The lowest BCUT2D eigenvalue weighted by atomic mass is 10.2. The van der Waals surface area contributed by atoms with Crippen LogP contribution in [0.2, 0.25) is 0 Å². The number of hydrogen-bond donors (Lipinski definition) is 0. The summed E-state index contributed by atoms with van der Waals surface area (Å²) in [5, 5.41) is 4.94. The van der Waals surface area contributed by atoms with Gasteiger partial charge in [-0.3, -0.25) is 0 Å². The number of rotatable bonds is 7. The van der Waals surface area contributed by atoms with E-state index in [1.165, 1.54) is 0 Å². The van der Waals surface area contributed by atoms with Crippen molar-refractivity contribution >= 4 is 31.9 Å². The third-order valence-corrected chi connectivity index (χ3v) is 4.16. The van der Waals surface area contributed by atoms with Crippen molar-refractivity contribution in [3.8, 4) is 11.5 Å². The van der Waals surface area contributed by atoms with Gasteiger partial charge in [0.25, 0.3) is 0 Å². The highest BCUT2D eigenvalue weighted by atomic mass is 79.9. The van der Waals surface area contributed by atoms with Crippen molar-refractivity contribution in [2.24, 2.45) is 0 Å². The van der Waals surface area contributed by atoms with E-state index in [2.05, 4.69) is 48.9 Å². The molecule has 0 saturated heterocycles. The number of aromatic nitrogens is 3. The van der Waals surface area contributed by atoms with Crippen LogP contribution in [0.3, 0.4) is 0 Å². The van der Waals surface area contributed by atoms with Crippen molar-refractivity contribution in [3.05, 3.63) is 34.3 Å². The zero-order chi connectivity index (χ0) is 15.2. The Balaban J connectivity index is 2.17. The minimum absolute atomic E-state index is 0.350. The SMILES string of the molecule is CCCn1ncnc1COc1c(Br)cc(CBr)cc1OC. The molecule has 21 heavy (non-hydrogen) atoms. The van der Waals surface area contributed by atoms with Gasteiger partial charge in [-0.25, -0.2) is 9.67 Å². The van der Waals surface area contributed by atoms with Crippen LogP contribution < -0.4 is 9.47 Å². The van der Waals surface area contributed by atoms with E-state index in [4.69, 9.17) is 9.47 Å². The molecular weight excluding hydrogens is 402 g/mol. The molecule has 0 bridgehead atoms. The molecule has 0 aliphatic rings. The molecular formula is C14H17Br2N3O2. The van der Waals surface area contributed by atoms with Crippen molar-refractivity contribution in [1.82, 2.24) is 14.8 Å². The summed E-state index contributed by atoms with van der Waals surface area (Å²) in [4.78, 5) is 4.23. The highest BCUT2D eigenvalue weighted by Crippen LogP contribution is 2.37. The molecule has 0 aliphatic heterocycles. The largest absolute Gasteiger partial charge is 0.493 e. The molecule has 0 aliphatic carbocycles. The Kier molecular flexibility index (Phi) is 6.05. The Hall–Kier alpha value is -1.08. The molecule has 1 aromatic heterocycles. The van der Waals surface area contributed by atoms with Crippen molar-refractivity contribution < 1.29 is 9.47 Å². The molecule has 7 heteroatoms. The van der Waals surface area contributed by atoms with Crippen molar-refractivity contribution in [2.75, 3.05) is 7.11 Å². The first-order valence-corrected chi connectivity index (χ1v) is 8.52. The van der Waals surface area contributed by atoms with Crippen molar-refractivity contribution in [3.63, 3.8) is 0 Å². The minimum Gasteiger partial charge on any atom is -0.493 e. The molecule has 0 fully saturated rings. The smallest absolute Gasteiger partial charge is 0.176 e. The van der Waals surface area contributed by atoms with Gasteiger partial charge < -0.3 is 9.47 Å². The molecule has 2 aromatic rings. The van der Waals surface area contributed by atoms with Crippen LogP contribution in [-0.2, 0) is 18.5 Å². The van der Waals surface area contributed by atoms with Gasteiger partial charge in [-0.2, -0.15) is 5.10 Å². The molecule has 1 heterocycles. The monoisotopic (exact) mass is 417 g/mol. The van der Waals surface area contributed by atoms with E-state index in [-0.39, 0.29) is 0 Å². The second-order valence-electron chi connectivity index (χ2n) is 4.43. The van der Waals surface area contributed by atoms with E-state index in [9.17, 15) is 0 Å². The third-order valence-electron chi connectivity index (χ3n) is 2.92. The van der Waals surface area contributed by atoms with Crippen LogP contribution in [0, 0.1) is 0 Å². The van der Waals surface area contributed by atoms with E-state index in [0.717, 1.165) is 34.2 Å². The third kappa shape index (κ3) is 3.97. The minimum atomic E-state index is 0.350. The second kappa shape index (κ2) is 7.79. The zero-order valence-electron chi connectivity index (χ0n) is 12.0. The zero-order valence-corrected chi connectivity index (χ0v) is 15.1. The fraction of sp³-hybridized carbons (Fsp3) is 0.429. The molecule has 2 rings (SSSR count). The molecule has 0 radical (unpaired) electrons. The standard InChI is InChI=1S/C14H17Br2N3O2/c1-3-4-19-13(17-9-18-19)8-21-14-11(16)5-10(7-15)6-12(14)20-2/h5-6,9H,3-4,7-8H2,1-2H3. The van der Waals surface area contributed by atoms with Gasteiger partial charge in [0.1, 0.15) is 12.9 Å². The van der Waals surface area contributed by atoms with Gasteiger partial charge in [-0.15, -0.1) is 0 Å². The van der Waals surface area contributed by atoms with E-state index < -0.39 is 0 Å². The summed E-state index contributed by atoms with van der Waals surface area (Å²) in [6, 6.07) is 3.95. The molecule has 0 unspecified atom stereocenters. The normalized spacial score (nSPS) is 10.7. The van der Waals surface area contributed by atoms with E-state index >= 15 is 0 Å². The molecule has 0 atom stereocenters. The Bertz CT molecular complexity index is 602. The van der Waals surface area contributed by atoms with Crippen LogP contribution in [0.5, 0.6) is 11.5 Å². The summed E-state index contributed by atoms with van der Waals surface area (Å²) in [7, 11) is 1.63. The molecule has 114 valence electrons. The first kappa shape index (κ1) is 16.3. The highest BCUT2D eigenvalue weighted by molar-refractivity contribution is 9.10. The number of methoxy groups -OCH3 is 1. The maximum atomic E-state index is 5.88. The Morgan fingerprint density at radius 3 is 2.81 bits per heavy atom. The first-order valence-electron chi connectivity index (χ1n) is 6.61. The number of alkyl halides is 1. The van der Waals surface area contributed by atoms with Crippen LogP contribution in [0.15, 0.2) is 22.9 Å². The predicted molar refractivity (Wildman–Crippen MR) is 88.0 cm³/mol. The highest BCUT2D eigenvalue weighted by Gasteiger charge is 2.13. The van der Waals surface area contributed by atoms with E-state index in [1.807, 2.05) is 16.8 Å². The van der Waals surface area contributed by atoms with Gasteiger partial charge in [-0.1, -0.05) is 22.9 Å². The number of ether oxygens (including phenoxy) is 2. The van der Waals surface area contributed by atoms with Crippen molar-refractivity contribution in [1.29, 1.82) is 0 Å². The molecule has 0 spiro atoms. The van der Waals surface area contributed by atoms with Gasteiger partial charge in [0.15, 0.2) is 17.3 Å².